The van der Waals surface area contributed by atoms with Gasteiger partial charge in [0.15, 0.2) is 0 Å². The SMILES string of the molecule is c1ccc(-c2ccc(-c3ccccn3)c3nc4c(nc23)c2nc3c(-c5ccccn5)ccc(-c5ccccn5)c3nc2c2nc3c(-c5ccccn5)ccc(-c5ccccn5)c3nc42)nc1. The number of aromatic nitrogens is 12. The molecule has 0 aliphatic carbocycles. The zero-order chi connectivity index (χ0) is 43.6. The second-order valence-electron chi connectivity index (χ2n) is 15.6. The van der Waals surface area contributed by atoms with E-state index in [4.69, 9.17) is 59.8 Å². The van der Waals surface area contributed by atoms with Crippen LogP contribution in [0.4, 0.5) is 0 Å². The van der Waals surface area contributed by atoms with E-state index < -0.39 is 0 Å². The van der Waals surface area contributed by atoms with Crippen LogP contribution in [0.25, 0.3) is 134 Å². The molecular formula is C54H30N12. The first-order valence-electron chi connectivity index (χ1n) is 21.3. The largest absolute Gasteiger partial charge is 0.256 e. The number of hydrogen-bond acceptors (Lipinski definition) is 12. The molecule has 4 aromatic carbocycles. The molecule has 9 heterocycles. The zero-order valence-electron chi connectivity index (χ0n) is 34.7. The van der Waals surface area contributed by atoms with E-state index in [1.807, 2.05) is 146 Å². The van der Waals surface area contributed by atoms with E-state index in [0.717, 1.165) is 67.5 Å². The Bertz CT molecular complexity index is 3300. The van der Waals surface area contributed by atoms with Crippen molar-refractivity contribution in [3.63, 3.8) is 0 Å². The first-order valence-corrected chi connectivity index (χ1v) is 21.3. The van der Waals surface area contributed by atoms with Crippen molar-refractivity contribution >= 4 is 66.2 Å². The fourth-order valence-corrected chi connectivity index (χ4v) is 8.77. The normalized spacial score (nSPS) is 11.6. The van der Waals surface area contributed by atoms with Crippen LogP contribution >= 0.6 is 0 Å². The number of nitrogens with zero attached hydrogens (tertiary/aromatic N) is 12. The Balaban J connectivity index is 1.26. The summed E-state index contributed by atoms with van der Waals surface area (Å²) in [5.74, 6) is 0. The lowest BCUT2D eigenvalue weighted by molar-refractivity contribution is 1.29. The Kier molecular flexibility index (Phi) is 8.52. The second kappa shape index (κ2) is 15.1. The van der Waals surface area contributed by atoms with Gasteiger partial charge in [-0.2, -0.15) is 0 Å². The molecule has 0 unspecified atom stereocenters. The van der Waals surface area contributed by atoms with Gasteiger partial charge in [0.05, 0.1) is 67.3 Å². The van der Waals surface area contributed by atoms with Crippen LogP contribution in [-0.4, -0.2) is 59.8 Å². The summed E-state index contributed by atoms with van der Waals surface area (Å²) >= 11 is 0. The first kappa shape index (κ1) is 37.2. The molecule has 12 heteroatoms. The van der Waals surface area contributed by atoms with Crippen molar-refractivity contribution in [2.45, 2.75) is 0 Å². The maximum Gasteiger partial charge on any atom is 0.120 e. The highest BCUT2D eigenvalue weighted by molar-refractivity contribution is 6.23. The standard InChI is InChI=1S/C54H30N12/c1-7-25-55-37(13-1)31-19-20-32(38-14-2-8-26-56-38)44-43(31)61-49-50(62-44)52-54(66-48-36(42-18-6-12-30-60-42)24-23-35(47(48)64-52)41-17-5-11-29-59-41)53-51(49)63-45-33(39-15-3-9-27-57-39)21-22-34(46(45)65-53)40-16-4-10-28-58-40/h1-30H. The van der Waals surface area contributed by atoms with E-state index in [1.54, 1.807) is 37.2 Å². The fraction of sp³-hybridized carbons (Fsp3) is 0. The Labute approximate surface area is 374 Å². The van der Waals surface area contributed by atoms with E-state index in [9.17, 15) is 0 Å². The molecule has 0 spiro atoms. The van der Waals surface area contributed by atoms with Crippen molar-refractivity contribution in [2.75, 3.05) is 0 Å². The number of fused-ring (bicyclic) bond motifs is 9. The highest BCUT2D eigenvalue weighted by Gasteiger charge is 2.25. The maximum atomic E-state index is 5.58. The average Bonchev–Trinajstić information content (AvgIpc) is 3.40. The van der Waals surface area contributed by atoms with Gasteiger partial charge in [0.2, 0.25) is 0 Å². The molecule has 0 aliphatic rings. The lowest BCUT2D eigenvalue weighted by atomic mass is 10.00. The Hall–Kier alpha value is -9.42. The molecule has 0 aliphatic heterocycles. The number of benzene rings is 4. The van der Waals surface area contributed by atoms with Crippen molar-refractivity contribution in [1.29, 1.82) is 0 Å². The smallest absolute Gasteiger partial charge is 0.120 e. The molecule has 306 valence electrons. The fourth-order valence-electron chi connectivity index (χ4n) is 8.77. The molecule has 0 fully saturated rings. The molecule has 0 radical (unpaired) electrons. The van der Waals surface area contributed by atoms with E-state index >= 15 is 0 Å². The molecule has 13 rings (SSSR count). The summed E-state index contributed by atoms with van der Waals surface area (Å²) in [7, 11) is 0. The lowest BCUT2D eigenvalue weighted by Gasteiger charge is -2.16. The quantitative estimate of drug-likeness (QED) is 0.115. The minimum Gasteiger partial charge on any atom is -0.256 e. The van der Waals surface area contributed by atoms with Crippen LogP contribution in [-0.2, 0) is 0 Å². The van der Waals surface area contributed by atoms with Gasteiger partial charge < -0.3 is 0 Å². The van der Waals surface area contributed by atoms with E-state index in [0.29, 0.717) is 66.2 Å². The van der Waals surface area contributed by atoms with Crippen LogP contribution in [0.15, 0.2) is 183 Å². The molecule has 66 heavy (non-hydrogen) atoms. The molecule has 0 saturated heterocycles. The van der Waals surface area contributed by atoms with Gasteiger partial charge in [0.25, 0.3) is 0 Å². The van der Waals surface area contributed by atoms with E-state index in [-0.39, 0.29) is 0 Å². The number of rotatable bonds is 6. The Morgan fingerprint density at radius 3 is 0.470 bits per heavy atom. The number of pyridine rings is 6. The van der Waals surface area contributed by atoms with Crippen LogP contribution in [0, 0.1) is 0 Å². The molecular weight excluding hydrogens is 817 g/mol. The monoisotopic (exact) mass is 846 g/mol. The van der Waals surface area contributed by atoms with Crippen molar-refractivity contribution in [3.05, 3.63) is 183 Å². The third-order valence-electron chi connectivity index (χ3n) is 11.8. The van der Waals surface area contributed by atoms with Crippen LogP contribution in [0.5, 0.6) is 0 Å². The van der Waals surface area contributed by atoms with Crippen LogP contribution < -0.4 is 0 Å². The van der Waals surface area contributed by atoms with Gasteiger partial charge in [-0.05, 0) is 109 Å². The van der Waals surface area contributed by atoms with Gasteiger partial charge in [-0.1, -0.05) is 36.4 Å². The van der Waals surface area contributed by atoms with Gasteiger partial charge in [0.1, 0.15) is 33.1 Å². The summed E-state index contributed by atoms with van der Waals surface area (Å²) in [4.78, 5) is 62.1. The van der Waals surface area contributed by atoms with Crippen molar-refractivity contribution in [3.8, 4) is 67.5 Å². The van der Waals surface area contributed by atoms with E-state index in [2.05, 4.69) is 0 Å². The van der Waals surface area contributed by atoms with Gasteiger partial charge in [-0.25, -0.2) is 29.9 Å². The average molecular weight is 847 g/mol. The summed E-state index contributed by atoms with van der Waals surface area (Å²) in [6.45, 7) is 0. The van der Waals surface area contributed by atoms with Crippen LogP contribution in [0.3, 0.4) is 0 Å². The highest BCUT2D eigenvalue weighted by atomic mass is 14.9. The van der Waals surface area contributed by atoms with Crippen molar-refractivity contribution in [2.24, 2.45) is 0 Å². The predicted molar refractivity (Wildman–Crippen MR) is 258 cm³/mol. The van der Waals surface area contributed by atoms with Crippen LogP contribution in [0.2, 0.25) is 0 Å². The third kappa shape index (κ3) is 6.00. The lowest BCUT2D eigenvalue weighted by Crippen LogP contribution is -2.03. The van der Waals surface area contributed by atoms with Gasteiger partial charge in [-0.15, -0.1) is 0 Å². The highest BCUT2D eigenvalue weighted by Crippen LogP contribution is 2.42. The third-order valence-corrected chi connectivity index (χ3v) is 11.8. The summed E-state index contributed by atoms with van der Waals surface area (Å²) in [6.07, 6.45) is 10.7. The molecule has 0 saturated carbocycles. The van der Waals surface area contributed by atoms with Crippen LogP contribution in [0.1, 0.15) is 0 Å². The first-order chi connectivity index (χ1) is 32.7. The van der Waals surface area contributed by atoms with E-state index in [1.165, 1.54) is 0 Å². The Morgan fingerprint density at radius 1 is 0.167 bits per heavy atom. The molecule has 0 N–H and O–H groups in total. The molecule has 9 aromatic heterocycles. The zero-order valence-corrected chi connectivity index (χ0v) is 34.7. The summed E-state index contributed by atoms with van der Waals surface area (Å²) in [5, 5.41) is 0. The maximum absolute atomic E-state index is 5.58. The Morgan fingerprint density at radius 2 is 0.333 bits per heavy atom. The molecule has 13 aromatic rings. The molecule has 0 amide bonds. The van der Waals surface area contributed by atoms with Gasteiger partial charge in [-0.3, -0.25) is 29.9 Å². The second-order valence-corrected chi connectivity index (χ2v) is 15.6. The van der Waals surface area contributed by atoms with Crippen molar-refractivity contribution in [1.82, 2.24) is 59.8 Å². The summed E-state index contributed by atoms with van der Waals surface area (Å²) in [5.41, 5.74) is 16.0. The minimum absolute atomic E-state index is 0.499. The predicted octanol–water partition coefficient (Wildman–Crippen LogP) is 11.3. The summed E-state index contributed by atoms with van der Waals surface area (Å²) in [6, 6.07) is 47.2. The molecule has 0 bridgehead atoms. The van der Waals surface area contributed by atoms with Gasteiger partial charge in [0, 0.05) is 70.6 Å². The summed E-state index contributed by atoms with van der Waals surface area (Å²) < 4.78 is 0. The topological polar surface area (TPSA) is 155 Å². The minimum atomic E-state index is 0.499. The number of hydrogen-bond donors (Lipinski definition) is 0. The molecule has 0 atom stereocenters. The van der Waals surface area contributed by atoms with Crippen molar-refractivity contribution < 1.29 is 0 Å². The molecule has 12 nitrogen and oxygen atoms in total. The van der Waals surface area contributed by atoms with Gasteiger partial charge >= 0.3 is 0 Å².